The van der Waals surface area contributed by atoms with Crippen LogP contribution in [-0.2, 0) is 19.7 Å². The van der Waals surface area contributed by atoms with Crippen LogP contribution in [0.2, 0.25) is 5.02 Å². The lowest BCUT2D eigenvalue weighted by atomic mass is 9.61. The third-order valence-corrected chi connectivity index (χ3v) is 6.44. The molecule has 154 valence electrons. The summed E-state index contributed by atoms with van der Waals surface area (Å²) in [4.78, 5) is 27.0. The second kappa shape index (κ2) is 7.40. The Morgan fingerprint density at radius 2 is 1.55 bits per heavy atom. The van der Waals surface area contributed by atoms with Gasteiger partial charge in [0.05, 0.1) is 5.57 Å². The first-order chi connectivity index (χ1) is 15.1. The van der Waals surface area contributed by atoms with Crippen LogP contribution in [0.4, 0.5) is 0 Å². The predicted octanol–water partition coefficient (Wildman–Crippen LogP) is 5.66. The number of carbonyl (C=O) groups is 2. The lowest BCUT2D eigenvalue weighted by Crippen LogP contribution is -2.49. The van der Waals surface area contributed by atoms with Gasteiger partial charge < -0.3 is 9.47 Å². The number of benzene rings is 3. The van der Waals surface area contributed by atoms with E-state index in [-0.39, 0.29) is 5.76 Å². The largest absolute Gasteiger partial charge is 0.425 e. The van der Waals surface area contributed by atoms with Gasteiger partial charge in [-0.1, -0.05) is 79.2 Å². The van der Waals surface area contributed by atoms with Crippen molar-refractivity contribution in [1.82, 2.24) is 0 Å². The van der Waals surface area contributed by atoms with Gasteiger partial charge in [-0.25, -0.2) is 4.79 Å². The van der Waals surface area contributed by atoms with Crippen LogP contribution >= 0.6 is 11.6 Å². The molecule has 0 fully saturated rings. The maximum Gasteiger partial charge on any atom is 0.343 e. The van der Waals surface area contributed by atoms with E-state index < -0.39 is 23.3 Å². The first kappa shape index (κ1) is 19.6. The highest BCUT2D eigenvalue weighted by Crippen LogP contribution is 2.56. The van der Waals surface area contributed by atoms with Crippen LogP contribution in [0.3, 0.4) is 0 Å². The highest BCUT2D eigenvalue weighted by molar-refractivity contribution is 6.30. The summed E-state index contributed by atoms with van der Waals surface area (Å²) in [6.07, 6.45) is 0.436. The molecule has 0 N–H and O–H groups in total. The summed E-state index contributed by atoms with van der Waals surface area (Å²) in [6.45, 7) is 1.93. The molecule has 2 atom stereocenters. The van der Waals surface area contributed by atoms with Gasteiger partial charge in [-0.15, -0.1) is 0 Å². The SMILES string of the molecule is CC[C@]1(c2ccc(Cl)cc2)C(=O)OC(c2ccccc2)=C2C(=O)Oc3ccccc3[C@H]21. The molecule has 3 aromatic rings. The molecule has 3 aromatic carbocycles. The van der Waals surface area contributed by atoms with E-state index in [2.05, 4.69) is 0 Å². The molecule has 2 heterocycles. The number of ether oxygens (including phenoxy) is 2. The van der Waals surface area contributed by atoms with E-state index in [4.69, 9.17) is 21.1 Å². The van der Waals surface area contributed by atoms with E-state index >= 15 is 0 Å². The third kappa shape index (κ3) is 2.90. The van der Waals surface area contributed by atoms with Crippen molar-refractivity contribution in [2.24, 2.45) is 0 Å². The number of fused-ring (bicyclic) bond motifs is 3. The molecule has 0 unspecified atom stereocenters. The molecule has 5 rings (SSSR count). The minimum absolute atomic E-state index is 0.258. The van der Waals surface area contributed by atoms with E-state index in [1.165, 1.54) is 0 Å². The monoisotopic (exact) mass is 430 g/mol. The zero-order valence-corrected chi connectivity index (χ0v) is 17.6. The average Bonchev–Trinajstić information content (AvgIpc) is 2.80. The van der Waals surface area contributed by atoms with Crippen molar-refractivity contribution in [3.8, 4) is 5.75 Å². The van der Waals surface area contributed by atoms with Crippen molar-refractivity contribution in [3.63, 3.8) is 0 Å². The minimum Gasteiger partial charge on any atom is -0.425 e. The van der Waals surface area contributed by atoms with Crippen LogP contribution in [0.5, 0.6) is 5.75 Å². The normalized spacial score (nSPS) is 22.3. The Morgan fingerprint density at radius 3 is 2.26 bits per heavy atom. The summed E-state index contributed by atoms with van der Waals surface area (Å²) in [5.74, 6) is -0.716. The average molecular weight is 431 g/mol. The summed E-state index contributed by atoms with van der Waals surface area (Å²) >= 11 is 6.12. The number of carbonyl (C=O) groups excluding carboxylic acids is 2. The van der Waals surface area contributed by atoms with Crippen LogP contribution in [0, 0.1) is 0 Å². The second-order valence-corrected chi connectivity index (χ2v) is 8.13. The van der Waals surface area contributed by atoms with Gasteiger partial charge in [0, 0.05) is 22.1 Å². The summed E-state index contributed by atoms with van der Waals surface area (Å²) in [5.41, 5.74) is 1.48. The summed E-state index contributed by atoms with van der Waals surface area (Å²) in [5, 5.41) is 0.573. The van der Waals surface area contributed by atoms with E-state index in [0.717, 1.165) is 11.1 Å². The molecule has 0 aromatic heterocycles. The first-order valence-electron chi connectivity index (χ1n) is 10.1. The van der Waals surface area contributed by atoms with Crippen molar-refractivity contribution in [2.45, 2.75) is 24.7 Å². The molecule has 0 saturated carbocycles. The Balaban J connectivity index is 1.85. The van der Waals surface area contributed by atoms with Crippen molar-refractivity contribution in [2.75, 3.05) is 0 Å². The van der Waals surface area contributed by atoms with Crippen LogP contribution in [0.1, 0.15) is 36.0 Å². The van der Waals surface area contributed by atoms with Gasteiger partial charge >= 0.3 is 11.9 Å². The van der Waals surface area contributed by atoms with Gasteiger partial charge in [0.2, 0.25) is 0 Å². The molecule has 0 radical (unpaired) electrons. The van der Waals surface area contributed by atoms with Crippen LogP contribution < -0.4 is 4.74 Å². The number of esters is 2. The Bertz CT molecular complexity index is 1210. The molecule has 5 heteroatoms. The fourth-order valence-electron chi connectivity index (χ4n) is 4.72. The van der Waals surface area contributed by atoms with Crippen LogP contribution in [-0.4, -0.2) is 11.9 Å². The summed E-state index contributed by atoms with van der Waals surface area (Å²) in [7, 11) is 0. The van der Waals surface area contributed by atoms with Gasteiger partial charge in [0.15, 0.2) is 0 Å². The number of para-hydroxylation sites is 1. The standard InChI is InChI=1S/C26H19ClO4/c1-2-26(17-12-14-18(27)15-13-17)22-19-10-6-7-11-20(19)30-24(28)21(22)23(31-25(26)29)16-8-4-3-5-9-16/h3-15,22H,2H2,1H3/t22-,26-/m1/s1. The van der Waals surface area contributed by atoms with E-state index in [1.54, 1.807) is 18.2 Å². The molecule has 4 nitrogen and oxygen atoms in total. The van der Waals surface area contributed by atoms with Crippen LogP contribution in [0.25, 0.3) is 5.76 Å². The van der Waals surface area contributed by atoms with Crippen molar-refractivity contribution >= 4 is 29.3 Å². The zero-order valence-electron chi connectivity index (χ0n) is 16.8. The zero-order chi connectivity index (χ0) is 21.6. The van der Waals surface area contributed by atoms with Gasteiger partial charge in [0.25, 0.3) is 0 Å². The fraction of sp³-hybridized carbons (Fsp3) is 0.154. The van der Waals surface area contributed by atoms with E-state index in [1.807, 2.05) is 67.6 Å². The van der Waals surface area contributed by atoms with Gasteiger partial charge in [-0.2, -0.15) is 0 Å². The Hall–Kier alpha value is -3.37. The Labute approximate surface area is 185 Å². The third-order valence-electron chi connectivity index (χ3n) is 6.19. The van der Waals surface area contributed by atoms with E-state index in [9.17, 15) is 9.59 Å². The summed E-state index contributed by atoms with van der Waals surface area (Å²) in [6, 6.07) is 23.7. The Morgan fingerprint density at radius 1 is 0.871 bits per heavy atom. The predicted molar refractivity (Wildman–Crippen MR) is 118 cm³/mol. The second-order valence-electron chi connectivity index (χ2n) is 7.69. The number of hydrogen-bond donors (Lipinski definition) is 0. The van der Waals surface area contributed by atoms with Crippen molar-refractivity contribution in [3.05, 3.63) is 106 Å². The summed E-state index contributed by atoms with van der Waals surface area (Å²) < 4.78 is 11.6. The highest BCUT2D eigenvalue weighted by Gasteiger charge is 2.57. The van der Waals surface area contributed by atoms with Gasteiger partial charge in [-0.05, 0) is 30.2 Å². The quantitative estimate of drug-likeness (QED) is 0.397. The topological polar surface area (TPSA) is 52.6 Å². The molecule has 0 aliphatic carbocycles. The smallest absolute Gasteiger partial charge is 0.343 e. The first-order valence-corrected chi connectivity index (χ1v) is 10.5. The molecule has 0 amide bonds. The van der Waals surface area contributed by atoms with E-state index in [0.29, 0.717) is 28.3 Å². The molecule has 2 aliphatic rings. The maximum atomic E-state index is 13.7. The lowest BCUT2D eigenvalue weighted by Gasteiger charge is -2.45. The van der Waals surface area contributed by atoms with Gasteiger partial charge in [-0.3, -0.25) is 4.79 Å². The fourth-order valence-corrected chi connectivity index (χ4v) is 4.85. The minimum atomic E-state index is -1.09. The molecule has 0 spiro atoms. The Kier molecular flexibility index (Phi) is 4.67. The molecule has 0 saturated heterocycles. The van der Waals surface area contributed by atoms with Crippen LogP contribution in [0.15, 0.2) is 84.4 Å². The number of cyclic esters (lactones) is 1. The highest BCUT2D eigenvalue weighted by atomic mass is 35.5. The molecule has 2 aliphatic heterocycles. The van der Waals surface area contributed by atoms with Crippen molar-refractivity contribution in [1.29, 1.82) is 0 Å². The molecule has 0 bridgehead atoms. The number of rotatable bonds is 3. The van der Waals surface area contributed by atoms with Gasteiger partial charge in [0.1, 0.15) is 16.9 Å². The molecular weight excluding hydrogens is 412 g/mol. The number of hydrogen-bond acceptors (Lipinski definition) is 4. The number of halogens is 1. The lowest BCUT2D eigenvalue weighted by molar-refractivity contribution is -0.147. The maximum absolute atomic E-state index is 13.7. The molecule has 31 heavy (non-hydrogen) atoms. The molecular formula is C26H19ClO4. The van der Waals surface area contributed by atoms with Crippen molar-refractivity contribution < 1.29 is 19.1 Å².